The molecular formula is C19H25N3. The molecule has 1 aliphatic heterocycles. The van der Waals surface area contributed by atoms with E-state index in [1.165, 1.54) is 16.7 Å². The molecule has 2 N–H and O–H groups in total. The summed E-state index contributed by atoms with van der Waals surface area (Å²) >= 11 is 0. The van der Waals surface area contributed by atoms with E-state index in [-0.39, 0.29) is 0 Å². The Morgan fingerprint density at radius 1 is 0.682 bits per heavy atom. The van der Waals surface area contributed by atoms with Crippen LogP contribution in [0.5, 0.6) is 0 Å². The Labute approximate surface area is 133 Å². The first kappa shape index (κ1) is 15.2. The molecule has 0 aliphatic carbocycles. The molecule has 3 heteroatoms. The van der Waals surface area contributed by atoms with E-state index in [0.29, 0.717) is 0 Å². The third-order valence-electron chi connectivity index (χ3n) is 4.16. The van der Waals surface area contributed by atoms with Gasteiger partial charge in [0.25, 0.3) is 0 Å². The van der Waals surface area contributed by atoms with E-state index in [1.807, 2.05) is 0 Å². The fraction of sp³-hybridized carbons (Fsp3) is 0.368. The minimum atomic E-state index is 1.03. The van der Waals surface area contributed by atoms with E-state index >= 15 is 0 Å². The highest BCUT2D eigenvalue weighted by Gasteiger charge is 2.07. The van der Waals surface area contributed by atoms with Gasteiger partial charge in [-0.25, -0.2) is 0 Å². The molecule has 0 saturated carbocycles. The van der Waals surface area contributed by atoms with Crippen molar-refractivity contribution in [1.82, 2.24) is 15.5 Å². The number of nitrogens with one attached hydrogen (secondary N) is 2. The molecular weight excluding hydrogens is 270 g/mol. The van der Waals surface area contributed by atoms with Gasteiger partial charge in [-0.05, 0) is 16.7 Å². The van der Waals surface area contributed by atoms with Gasteiger partial charge in [0.2, 0.25) is 0 Å². The summed E-state index contributed by atoms with van der Waals surface area (Å²) in [7, 11) is 0. The first-order chi connectivity index (χ1) is 10.9. The van der Waals surface area contributed by atoms with Crippen LogP contribution in [0.15, 0.2) is 54.6 Å². The third kappa shape index (κ3) is 4.41. The van der Waals surface area contributed by atoms with Gasteiger partial charge in [-0.1, -0.05) is 54.6 Å². The summed E-state index contributed by atoms with van der Waals surface area (Å²) in [5, 5.41) is 6.94. The van der Waals surface area contributed by atoms with Crippen molar-refractivity contribution in [1.29, 1.82) is 0 Å². The van der Waals surface area contributed by atoms with Crippen LogP contribution in [0, 0.1) is 0 Å². The molecule has 2 aromatic carbocycles. The normalized spacial score (nSPS) is 17.5. The van der Waals surface area contributed by atoms with Gasteiger partial charge in [0.15, 0.2) is 0 Å². The second-order valence-electron chi connectivity index (χ2n) is 5.84. The molecule has 1 heterocycles. The minimum absolute atomic E-state index is 1.03. The number of hydrogen-bond donors (Lipinski definition) is 2. The summed E-state index contributed by atoms with van der Waals surface area (Å²) in [4.78, 5) is 2.52. The highest BCUT2D eigenvalue weighted by Crippen LogP contribution is 2.19. The highest BCUT2D eigenvalue weighted by molar-refractivity contribution is 5.63. The summed E-state index contributed by atoms with van der Waals surface area (Å²) in [6, 6.07) is 19.5. The molecule has 0 amide bonds. The van der Waals surface area contributed by atoms with Gasteiger partial charge in [-0.15, -0.1) is 0 Å². The zero-order valence-electron chi connectivity index (χ0n) is 13.1. The summed E-state index contributed by atoms with van der Waals surface area (Å²) in [5.41, 5.74) is 3.96. The lowest BCUT2D eigenvalue weighted by molar-refractivity contribution is 0.272. The van der Waals surface area contributed by atoms with Crippen molar-refractivity contribution in [3.05, 3.63) is 60.2 Å². The molecule has 1 fully saturated rings. The van der Waals surface area contributed by atoms with E-state index in [2.05, 4.69) is 70.1 Å². The largest absolute Gasteiger partial charge is 0.314 e. The smallest absolute Gasteiger partial charge is 0.0234 e. The van der Waals surface area contributed by atoms with Crippen molar-refractivity contribution in [2.45, 2.75) is 6.54 Å². The van der Waals surface area contributed by atoms with Crippen molar-refractivity contribution in [3.8, 4) is 11.1 Å². The molecule has 0 atom stereocenters. The number of nitrogens with zero attached hydrogens (tertiary/aromatic N) is 1. The second-order valence-corrected chi connectivity index (χ2v) is 5.84. The molecule has 116 valence electrons. The first-order valence-corrected chi connectivity index (χ1v) is 8.20. The van der Waals surface area contributed by atoms with Gasteiger partial charge in [-0.3, -0.25) is 4.90 Å². The fourth-order valence-corrected chi connectivity index (χ4v) is 2.86. The monoisotopic (exact) mass is 295 g/mol. The Morgan fingerprint density at radius 3 is 1.91 bits per heavy atom. The Morgan fingerprint density at radius 2 is 1.27 bits per heavy atom. The predicted molar refractivity (Wildman–Crippen MR) is 92.9 cm³/mol. The number of rotatable bonds is 3. The van der Waals surface area contributed by atoms with Crippen molar-refractivity contribution < 1.29 is 0 Å². The maximum atomic E-state index is 3.47. The summed E-state index contributed by atoms with van der Waals surface area (Å²) in [6.07, 6.45) is 0. The van der Waals surface area contributed by atoms with Gasteiger partial charge < -0.3 is 10.6 Å². The molecule has 22 heavy (non-hydrogen) atoms. The first-order valence-electron chi connectivity index (χ1n) is 8.20. The van der Waals surface area contributed by atoms with Crippen LogP contribution in [0.2, 0.25) is 0 Å². The van der Waals surface area contributed by atoms with Crippen LogP contribution in [0.1, 0.15) is 5.56 Å². The maximum absolute atomic E-state index is 3.47. The molecule has 0 spiro atoms. The van der Waals surface area contributed by atoms with Crippen LogP contribution in [0.4, 0.5) is 0 Å². The molecule has 3 nitrogen and oxygen atoms in total. The summed E-state index contributed by atoms with van der Waals surface area (Å²) in [6.45, 7) is 7.54. The van der Waals surface area contributed by atoms with Crippen LogP contribution in [-0.2, 0) is 6.54 Å². The van der Waals surface area contributed by atoms with Crippen molar-refractivity contribution in [3.63, 3.8) is 0 Å². The Kier molecular flexibility index (Phi) is 5.59. The zero-order valence-corrected chi connectivity index (χ0v) is 13.1. The molecule has 0 unspecified atom stereocenters. The highest BCUT2D eigenvalue weighted by atomic mass is 15.2. The predicted octanol–water partition coefficient (Wildman–Crippen LogP) is 2.35. The zero-order chi connectivity index (χ0) is 15.0. The van der Waals surface area contributed by atoms with Gasteiger partial charge in [0.1, 0.15) is 0 Å². The van der Waals surface area contributed by atoms with Crippen molar-refractivity contribution in [2.24, 2.45) is 0 Å². The fourth-order valence-electron chi connectivity index (χ4n) is 2.86. The lowest BCUT2D eigenvalue weighted by Crippen LogP contribution is -2.33. The number of benzene rings is 2. The average molecular weight is 295 g/mol. The van der Waals surface area contributed by atoms with E-state index in [1.54, 1.807) is 0 Å². The molecule has 0 radical (unpaired) electrons. The standard InChI is InChI=1S/C19H25N3/c1-2-4-18(5-3-1)19-8-6-17(7-9-19)16-22-14-12-20-10-11-21-13-15-22/h1-9,20-21H,10-16H2. The van der Waals surface area contributed by atoms with Crippen molar-refractivity contribution >= 4 is 0 Å². The molecule has 2 aromatic rings. The summed E-state index contributed by atoms with van der Waals surface area (Å²) in [5.74, 6) is 0. The van der Waals surface area contributed by atoms with Crippen molar-refractivity contribution in [2.75, 3.05) is 39.3 Å². The third-order valence-corrected chi connectivity index (χ3v) is 4.16. The Bertz CT molecular complexity index is 541. The quantitative estimate of drug-likeness (QED) is 0.910. The van der Waals surface area contributed by atoms with E-state index in [9.17, 15) is 0 Å². The van der Waals surface area contributed by atoms with Gasteiger partial charge in [-0.2, -0.15) is 0 Å². The van der Waals surface area contributed by atoms with Gasteiger partial charge in [0.05, 0.1) is 0 Å². The van der Waals surface area contributed by atoms with Crippen LogP contribution >= 0.6 is 0 Å². The Balaban J connectivity index is 1.62. The second kappa shape index (κ2) is 8.08. The lowest BCUT2D eigenvalue weighted by Gasteiger charge is -2.21. The van der Waals surface area contributed by atoms with Crippen LogP contribution in [0.25, 0.3) is 11.1 Å². The van der Waals surface area contributed by atoms with Gasteiger partial charge in [0, 0.05) is 45.8 Å². The Hall–Kier alpha value is -1.68. The molecule has 1 aliphatic rings. The minimum Gasteiger partial charge on any atom is -0.314 e. The topological polar surface area (TPSA) is 27.3 Å². The molecule has 0 bridgehead atoms. The van der Waals surface area contributed by atoms with Crippen LogP contribution in [-0.4, -0.2) is 44.2 Å². The van der Waals surface area contributed by atoms with E-state index in [4.69, 9.17) is 0 Å². The lowest BCUT2D eigenvalue weighted by atomic mass is 10.0. The van der Waals surface area contributed by atoms with E-state index in [0.717, 1.165) is 45.8 Å². The van der Waals surface area contributed by atoms with E-state index < -0.39 is 0 Å². The molecule has 3 rings (SSSR count). The number of hydrogen-bond acceptors (Lipinski definition) is 3. The van der Waals surface area contributed by atoms with Crippen LogP contribution < -0.4 is 10.6 Å². The summed E-state index contributed by atoms with van der Waals surface area (Å²) < 4.78 is 0. The molecule has 0 aromatic heterocycles. The van der Waals surface area contributed by atoms with Crippen LogP contribution in [0.3, 0.4) is 0 Å². The van der Waals surface area contributed by atoms with Gasteiger partial charge >= 0.3 is 0 Å². The molecule has 1 saturated heterocycles. The average Bonchev–Trinajstić information content (AvgIpc) is 2.70. The maximum Gasteiger partial charge on any atom is 0.0234 e. The SMILES string of the molecule is c1ccc(-c2ccc(CN3CCNCCNCC3)cc2)cc1.